The molecule has 0 aliphatic rings. The van der Waals surface area contributed by atoms with Crippen molar-refractivity contribution in [2.45, 2.75) is 6.92 Å². The molecule has 0 aliphatic heterocycles. The number of aromatic amines is 1. The molecule has 1 heterocycles. The smallest absolute Gasteiger partial charge is 0.343 e. The van der Waals surface area contributed by atoms with Crippen molar-refractivity contribution >= 4 is 60.9 Å². The van der Waals surface area contributed by atoms with Crippen molar-refractivity contribution in [2.24, 2.45) is 5.10 Å². The molecule has 0 aliphatic carbocycles. The lowest BCUT2D eigenvalue weighted by Gasteiger charge is -2.11. The van der Waals surface area contributed by atoms with Crippen LogP contribution in [0.15, 0.2) is 99.0 Å². The van der Waals surface area contributed by atoms with Crippen LogP contribution in [0.5, 0.6) is 17.2 Å². The van der Waals surface area contributed by atoms with Gasteiger partial charge in [-0.15, -0.1) is 0 Å². The van der Waals surface area contributed by atoms with Crippen LogP contribution in [0.3, 0.4) is 0 Å². The molecule has 0 spiro atoms. The number of carbonyl (C=O) groups is 2. The highest BCUT2D eigenvalue weighted by Crippen LogP contribution is 2.35. The van der Waals surface area contributed by atoms with Crippen molar-refractivity contribution < 1.29 is 23.8 Å². The number of carbonyl (C=O) groups excluding carboxylic acids is 2. The van der Waals surface area contributed by atoms with Crippen LogP contribution in [-0.4, -0.2) is 36.8 Å². The van der Waals surface area contributed by atoms with E-state index in [9.17, 15) is 9.59 Å². The third-order valence-electron chi connectivity index (χ3n) is 6.28. The van der Waals surface area contributed by atoms with Crippen molar-refractivity contribution in [1.29, 1.82) is 0 Å². The summed E-state index contributed by atoms with van der Waals surface area (Å²) in [6, 6.07) is 25.4. The standard InChI is InChI=1S/C32H25Br2N3O5/c1-3-41-24-12-13-27-25(17-24)28(19-8-5-4-6-9-19)29(36-27)31(38)37-35-18-21-14-22(33)16-26(34)30(21)42-32(39)20-10-7-11-23(15-20)40-2/h4-18,36H,3H2,1-2H3,(H,37,38). The molecular weight excluding hydrogens is 666 g/mol. The summed E-state index contributed by atoms with van der Waals surface area (Å²) in [4.78, 5) is 29.6. The third kappa shape index (κ3) is 6.40. The summed E-state index contributed by atoms with van der Waals surface area (Å²) in [5.41, 5.74) is 6.12. The Morgan fingerprint density at radius 3 is 2.52 bits per heavy atom. The van der Waals surface area contributed by atoms with E-state index in [0.717, 1.165) is 26.5 Å². The van der Waals surface area contributed by atoms with Gasteiger partial charge in [0.05, 0.1) is 30.0 Å². The number of amides is 1. The fraction of sp³-hybridized carbons (Fsp3) is 0.0938. The number of hydrogen-bond donors (Lipinski definition) is 2. The van der Waals surface area contributed by atoms with Gasteiger partial charge in [-0.25, -0.2) is 10.2 Å². The van der Waals surface area contributed by atoms with Crippen LogP contribution in [0.2, 0.25) is 0 Å². The summed E-state index contributed by atoms with van der Waals surface area (Å²) in [5.74, 6) is 0.464. The number of fused-ring (bicyclic) bond motifs is 1. The Morgan fingerprint density at radius 2 is 1.76 bits per heavy atom. The molecule has 0 saturated heterocycles. The maximum absolute atomic E-state index is 13.4. The van der Waals surface area contributed by atoms with Crippen molar-refractivity contribution in [3.05, 3.63) is 111 Å². The zero-order valence-electron chi connectivity index (χ0n) is 22.6. The van der Waals surface area contributed by atoms with Gasteiger partial charge in [-0.1, -0.05) is 52.3 Å². The van der Waals surface area contributed by atoms with Crippen molar-refractivity contribution in [1.82, 2.24) is 10.4 Å². The lowest BCUT2D eigenvalue weighted by Crippen LogP contribution is -2.19. The molecule has 0 fully saturated rings. The molecule has 212 valence electrons. The predicted octanol–water partition coefficient (Wildman–Crippen LogP) is 7.75. The van der Waals surface area contributed by atoms with Crippen LogP contribution in [0.25, 0.3) is 22.0 Å². The predicted molar refractivity (Wildman–Crippen MR) is 170 cm³/mol. The van der Waals surface area contributed by atoms with Gasteiger partial charge in [0, 0.05) is 26.5 Å². The molecule has 0 saturated carbocycles. The molecule has 4 aromatic carbocycles. The second-order valence-electron chi connectivity index (χ2n) is 9.01. The van der Waals surface area contributed by atoms with Crippen LogP contribution in [0.1, 0.15) is 33.3 Å². The molecule has 5 aromatic rings. The first kappa shape index (κ1) is 29.1. The average molecular weight is 691 g/mol. The van der Waals surface area contributed by atoms with E-state index in [2.05, 4.69) is 47.4 Å². The van der Waals surface area contributed by atoms with E-state index in [1.165, 1.54) is 13.3 Å². The number of hydrazone groups is 1. The maximum Gasteiger partial charge on any atom is 0.343 e. The number of hydrogen-bond acceptors (Lipinski definition) is 6. The van der Waals surface area contributed by atoms with Gasteiger partial charge in [0.2, 0.25) is 0 Å². The topological polar surface area (TPSA) is 102 Å². The Kier molecular flexibility index (Phi) is 9.04. The first-order valence-electron chi connectivity index (χ1n) is 12.9. The van der Waals surface area contributed by atoms with Crippen LogP contribution >= 0.6 is 31.9 Å². The van der Waals surface area contributed by atoms with Gasteiger partial charge in [-0.05, 0) is 76.9 Å². The molecule has 0 bridgehead atoms. The first-order valence-corrected chi connectivity index (χ1v) is 14.5. The van der Waals surface area contributed by atoms with Gasteiger partial charge >= 0.3 is 5.97 Å². The van der Waals surface area contributed by atoms with Gasteiger partial charge < -0.3 is 19.2 Å². The quantitative estimate of drug-likeness (QED) is 0.0713. The van der Waals surface area contributed by atoms with E-state index in [-0.39, 0.29) is 5.75 Å². The lowest BCUT2D eigenvalue weighted by atomic mass is 10.0. The van der Waals surface area contributed by atoms with E-state index in [1.807, 2.05) is 55.5 Å². The van der Waals surface area contributed by atoms with Crippen molar-refractivity contribution in [2.75, 3.05) is 13.7 Å². The molecular formula is C32H25Br2N3O5. The normalized spacial score (nSPS) is 11.0. The van der Waals surface area contributed by atoms with Crippen LogP contribution in [-0.2, 0) is 0 Å². The number of nitrogens with zero attached hydrogens (tertiary/aromatic N) is 1. The van der Waals surface area contributed by atoms with Crippen molar-refractivity contribution in [3.63, 3.8) is 0 Å². The van der Waals surface area contributed by atoms with Gasteiger partial charge in [0.25, 0.3) is 5.91 Å². The summed E-state index contributed by atoms with van der Waals surface area (Å²) in [7, 11) is 1.52. The Bertz CT molecular complexity index is 1800. The summed E-state index contributed by atoms with van der Waals surface area (Å²) in [6.45, 7) is 2.45. The van der Waals surface area contributed by atoms with Gasteiger partial charge in [0.15, 0.2) is 5.75 Å². The van der Waals surface area contributed by atoms with Gasteiger partial charge in [-0.2, -0.15) is 5.10 Å². The Hall–Kier alpha value is -4.41. The van der Waals surface area contributed by atoms with Crippen molar-refractivity contribution in [3.8, 4) is 28.4 Å². The highest BCUT2D eigenvalue weighted by molar-refractivity contribution is 9.11. The van der Waals surface area contributed by atoms with E-state index in [1.54, 1.807) is 36.4 Å². The largest absolute Gasteiger partial charge is 0.497 e. The van der Waals surface area contributed by atoms with Crippen LogP contribution in [0.4, 0.5) is 0 Å². The van der Waals surface area contributed by atoms with E-state index in [4.69, 9.17) is 14.2 Å². The fourth-order valence-corrected chi connectivity index (χ4v) is 5.74. The minimum atomic E-state index is -0.576. The summed E-state index contributed by atoms with van der Waals surface area (Å²) >= 11 is 6.92. The molecule has 2 N–H and O–H groups in total. The second kappa shape index (κ2) is 13.1. The Morgan fingerprint density at radius 1 is 0.952 bits per heavy atom. The highest BCUT2D eigenvalue weighted by Gasteiger charge is 2.20. The molecule has 8 nitrogen and oxygen atoms in total. The Balaban J connectivity index is 1.44. The number of benzene rings is 4. The number of esters is 1. The van der Waals surface area contributed by atoms with E-state index >= 15 is 0 Å². The molecule has 1 aromatic heterocycles. The zero-order chi connectivity index (χ0) is 29.6. The highest BCUT2D eigenvalue weighted by atomic mass is 79.9. The second-order valence-corrected chi connectivity index (χ2v) is 10.8. The number of nitrogens with one attached hydrogen (secondary N) is 2. The summed E-state index contributed by atoms with van der Waals surface area (Å²) in [5, 5.41) is 5.05. The number of rotatable bonds is 9. The molecule has 0 atom stereocenters. The minimum Gasteiger partial charge on any atom is -0.497 e. The first-order chi connectivity index (χ1) is 20.4. The number of ether oxygens (including phenoxy) is 3. The maximum atomic E-state index is 13.4. The number of halogens is 2. The molecule has 0 unspecified atom stereocenters. The third-order valence-corrected chi connectivity index (χ3v) is 7.32. The lowest BCUT2D eigenvalue weighted by molar-refractivity contribution is 0.0732. The average Bonchev–Trinajstić information content (AvgIpc) is 3.38. The molecule has 1 amide bonds. The van der Waals surface area contributed by atoms with E-state index < -0.39 is 11.9 Å². The SMILES string of the molecule is CCOc1ccc2[nH]c(C(=O)NN=Cc3cc(Br)cc(Br)c3OC(=O)c3cccc(OC)c3)c(-c3ccccc3)c2c1. The molecule has 10 heteroatoms. The van der Waals surface area contributed by atoms with Gasteiger partial charge in [0.1, 0.15) is 17.2 Å². The fourth-order valence-electron chi connectivity index (χ4n) is 4.40. The molecule has 42 heavy (non-hydrogen) atoms. The number of H-pyrrole nitrogens is 1. The van der Waals surface area contributed by atoms with Gasteiger partial charge in [-0.3, -0.25) is 4.79 Å². The van der Waals surface area contributed by atoms with Crippen LogP contribution in [0, 0.1) is 0 Å². The monoisotopic (exact) mass is 689 g/mol. The molecule has 0 radical (unpaired) electrons. The van der Waals surface area contributed by atoms with Crippen LogP contribution < -0.4 is 19.6 Å². The number of methoxy groups -OCH3 is 1. The summed E-state index contributed by atoms with van der Waals surface area (Å²) in [6.07, 6.45) is 1.42. The zero-order valence-corrected chi connectivity index (χ0v) is 25.8. The Labute approximate surface area is 258 Å². The minimum absolute atomic E-state index is 0.239. The number of aromatic nitrogens is 1. The van der Waals surface area contributed by atoms with E-state index in [0.29, 0.717) is 39.4 Å². The summed E-state index contributed by atoms with van der Waals surface area (Å²) < 4.78 is 17.9. The molecule has 5 rings (SSSR count).